The van der Waals surface area contributed by atoms with Gasteiger partial charge in [0, 0.05) is 37.6 Å². The molecule has 2 aromatic heterocycles. The number of pyridine rings is 1. The standard InChI is InChI=1S/C28H28FN3O3/c1-20-5-4-14-32-17-23(31-26(20)32)18-35-25-7-3-2-6-24(25)27(33)30-19-28(12-15-34-16-13-28)21-8-10-22(29)11-9-21/h2-11,14,17H,12-13,15-16,18-19H2,1H3,(H,30,33). The van der Waals surface area contributed by atoms with Gasteiger partial charge in [0.2, 0.25) is 0 Å². The zero-order valence-electron chi connectivity index (χ0n) is 19.7. The summed E-state index contributed by atoms with van der Waals surface area (Å²) in [7, 11) is 0. The molecule has 1 amide bonds. The number of hydrogen-bond acceptors (Lipinski definition) is 4. The highest BCUT2D eigenvalue weighted by atomic mass is 19.1. The third kappa shape index (κ3) is 4.91. The molecule has 3 heterocycles. The lowest BCUT2D eigenvalue weighted by Gasteiger charge is -2.38. The number of benzene rings is 2. The van der Waals surface area contributed by atoms with Crippen molar-refractivity contribution in [2.24, 2.45) is 0 Å². The molecule has 0 bridgehead atoms. The number of carbonyl (C=O) groups is 1. The summed E-state index contributed by atoms with van der Waals surface area (Å²) in [5.74, 6) is 0.0212. The SMILES string of the molecule is Cc1cccn2cc(COc3ccccc3C(=O)NCC3(c4ccc(F)cc4)CCOCC3)nc12. The van der Waals surface area contributed by atoms with Crippen molar-refractivity contribution in [3.63, 3.8) is 0 Å². The molecular formula is C28H28FN3O3. The molecule has 1 N–H and O–H groups in total. The minimum Gasteiger partial charge on any atom is -0.486 e. The highest BCUT2D eigenvalue weighted by Crippen LogP contribution is 2.34. The Morgan fingerprint density at radius 3 is 2.66 bits per heavy atom. The van der Waals surface area contributed by atoms with Gasteiger partial charge in [-0.05, 0) is 61.2 Å². The number of nitrogens with zero attached hydrogens (tertiary/aromatic N) is 2. The third-order valence-electron chi connectivity index (χ3n) is 6.73. The summed E-state index contributed by atoms with van der Waals surface area (Å²) < 4.78 is 27.1. The first-order valence-corrected chi connectivity index (χ1v) is 11.8. The zero-order valence-corrected chi connectivity index (χ0v) is 19.7. The number of para-hydroxylation sites is 1. The fourth-order valence-electron chi connectivity index (χ4n) is 4.68. The minimum atomic E-state index is -0.300. The van der Waals surface area contributed by atoms with Crippen LogP contribution in [0.25, 0.3) is 5.65 Å². The second kappa shape index (κ2) is 9.88. The molecule has 1 fully saturated rings. The van der Waals surface area contributed by atoms with Crippen LogP contribution in [0.1, 0.15) is 40.0 Å². The molecule has 35 heavy (non-hydrogen) atoms. The van der Waals surface area contributed by atoms with E-state index in [9.17, 15) is 9.18 Å². The van der Waals surface area contributed by atoms with Crippen molar-refractivity contribution in [3.8, 4) is 5.75 Å². The highest BCUT2D eigenvalue weighted by molar-refractivity contribution is 5.97. The molecule has 180 valence electrons. The van der Waals surface area contributed by atoms with E-state index in [2.05, 4.69) is 10.3 Å². The Morgan fingerprint density at radius 1 is 1.11 bits per heavy atom. The normalized spacial score (nSPS) is 15.1. The number of fused-ring (bicyclic) bond motifs is 1. The molecule has 0 saturated carbocycles. The molecule has 6 nitrogen and oxygen atoms in total. The second-order valence-electron chi connectivity index (χ2n) is 9.02. The van der Waals surface area contributed by atoms with Gasteiger partial charge in [-0.2, -0.15) is 0 Å². The molecule has 1 saturated heterocycles. The smallest absolute Gasteiger partial charge is 0.255 e. The first-order chi connectivity index (χ1) is 17.0. The summed E-state index contributed by atoms with van der Waals surface area (Å²) in [6.07, 6.45) is 5.39. The fourth-order valence-corrected chi connectivity index (χ4v) is 4.68. The van der Waals surface area contributed by atoms with Crippen molar-refractivity contribution in [1.82, 2.24) is 14.7 Å². The number of halogens is 1. The summed E-state index contributed by atoms with van der Waals surface area (Å²) in [6, 6.07) is 17.8. The molecule has 7 heteroatoms. The summed E-state index contributed by atoms with van der Waals surface area (Å²) in [5, 5.41) is 3.10. The van der Waals surface area contributed by atoms with E-state index in [4.69, 9.17) is 9.47 Å². The van der Waals surface area contributed by atoms with Crippen molar-refractivity contribution in [2.45, 2.75) is 31.8 Å². The molecule has 0 radical (unpaired) electrons. The third-order valence-corrected chi connectivity index (χ3v) is 6.73. The van der Waals surface area contributed by atoms with Crippen LogP contribution in [0.3, 0.4) is 0 Å². The molecule has 4 aromatic rings. The lowest BCUT2D eigenvalue weighted by molar-refractivity contribution is 0.0486. The van der Waals surface area contributed by atoms with Gasteiger partial charge in [0.1, 0.15) is 23.8 Å². The maximum Gasteiger partial charge on any atom is 0.255 e. The Bertz CT molecular complexity index is 1330. The molecule has 0 atom stereocenters. The minimum absolute atomic E-state index is 0.209. The summed E-state index contributed by atoms with van der Waals surface area (Å²) in [4.78, 5) is 17.9. The van der Waals surface area contributed by atoms with Crippen LogP contribution in [0, 0.1) is 12.7 Å². The van der Waals surface area contributed by atoms with E-state index in [1.807, 2.05) is 48.0 Å². The number of hydrogen-bond donors (Lipinski definition) is 1. The summed E-state index contributed by atoms with van der Waals surface area (Å²) in [6.45, 7) is 3.91. The maximum atomic E-state index is 13.5. The second-order valence-corrected chi connectivity index (χ2v) is 9.02. The van der Waals surface area contributed by atoms with Crippen molar-refractivity contribution < 1.29 is 18.7 Å². The van der Waals surface area contributed by atoms with Crippen LogP contribution in [-0.2, 0) is 16.8 Å². The molecular weight excluding hydrogens is 445 g/mol. The number of aryl methyl sites for hydroxylation is 1. The number of imidazole rings is 1. The predicted molar refractivity (Wildman–Crippen MR) is 131 cm³/mol. The van der Waals surface area contributed by atoms with Gasteiger partial charge in [-0.25, -0.2) is 9.37 Å². The van der Waals surface area contributed by atoms with Gasteiger partial charge < -0.3 is 19.2 Å². The van der Waals surface area contributed by atoms with E-state index in [-0.39, 0.29) is 23.7 Å². The maximum absolute atomic E-state index is 13.5. The Hall–Kier alpha value is -3.71. The number of aromatic nitrogens is 2. The molecule has 5 rings (SSSR count). The Labute approximate surface area is 203 Å². The summed E-state index contributed by atoms with van der Waals surface area (Å²) in [5.41, 5.74) is 3.93. The predicted octanol–water partition coefficient (Wildman–Crippen LogP) is 4.84. The molecule has 1 aliphatic rings. The van der Waals surface area contributed by atoms with E-state index in [1.54, 1.807) is 24.3 Å². The average molecular weight is 474 g/mol. The van der Waals surface area contributed by atoms with Crippen LogP contribution in [0.15, 0.2) is 73.1 Å². The van der Waals surface area contributed by atoms with Gasteiger partial charge in [-0.3, -0.25) is 4.79 Å². The van der Waals surface area contributed by atoms with Gasteiger partial charge in [-0.1, -0.05) is 30.3 Å². The average Bonchev–Trinajstić information content (AvgIpc) is 3.32. The monoisotopic (exact) mass is 473 g/mol. The number of nitrogens with one attached hydrogen (secondary N) is 1. The van der Waals surface area contributed by atoms with Crippen LogP contribution in [0.5, 0.6) is 5.75 Å². The Morgan fingerprint density at radius 2 is 1.89 bits per heavy atom. The number of amides is 1. The van der Waals surface area contributed by atoms with Crippen molar-refractivity contribution in [1.29, 1.82) is 0 Å². The van der Waals surface area contributed by atoms with Gasteiger partial charge >= 0.3 is 0 Å². The molecule has 0 spiro atoms. The van der Waals surface area contributed by atoms with Crippen LogP contribution >= 0.6 is 0 Å². The highest BCUT2D eigenvalue weighted by Gasteiger charge is 2.35. The quantitative estimate of drug-likeness (QED) is 0.417. The van der Waals surface area contributed by atoms with E-state index in [0.717, 1.165) is 35.3 Å². The van der Waals surface area contributed by atoms with E-state index >= 15 is 0 Å². The van der Waals surface area contributed by atoms with Crippen LogP contribution < -0.4 is 10.1 Å². The first-order valence-electron chi connectivity index (χ1n) is 11.8. The van der Waals surface area contributed by atoms with Crippen molar-refractivity contribution >= 4 is 11.6 Å². The Balaban J connectivity index is 1.30. The first kappa shape index (κ1) is 23.1. The number of carbonyl (C=O) groups excluding carboxylic acids is 1. The molecule has 0 aliphatic carbocycles. The van der Waals surface area contributed by atoms with Crippen molar-refractivity contribution in [2.75, 3.05) is 19.8 Å². The lowest BCUT2D eigenvalue weighted by atomic mass is 9.74. The topological polar surface area (TPSA) is 64.9 Å². The van der Waals surface area contributed by atoms with Crippen LogP contribution in [0.4, 0.5) is 4.39 Å². The van der Waals surface area contributed by atoms with Crippen LogP contribution in [0.2, 0.25) is 0 Å². The number of rotatable bonds is 7. The lowest BCUT2D eigenvalue weighted by Crippen LogP contribution is -2.44. The van der Waals surface area contributed by atoms with Gasteiger partial charge in [0.25, 0.3) is 5.91 Å². The van der Waals surface area contributed by atoms with Gasteiger partial charge in [-0.15, -0.1) is 0 Å². The van der Waals surface area contributed by atoms with Gasteiger partial charge in [0.15, 0.2) is 0 Å². The van der Waals surface area contributed by atoms with Gasteiger partial charge in [0.05, 0.1) is 11.3 Å². The van der Waals surface area contributed by atoms with Crippen LogP contribution in [-0.4, -0.2) is 35.1 Å². The molecule has 1 aliphatic heterocycles. The largest absolute Gasteiger partial charge is 0.486 e. The molecule has 2 aromatic carbocycles. The van der Waals surface area contributed by atoms with E-state index < -0.39 is 0 Å². The Kier molecular flexibility index (Phi) is 6.51. The van der Waals surface area contributed by atoms with Crippen molar-refractivity contribution in [3.05, 3.63) is 101 Å². The van der Waals surface area contributed by atoms with E-state index in [0.29, 0.717) is 31.1 Å². The summed E-state index contributed by atoms with van der Waals surface area (Å²) >= 11 is 0. The fraction of sp³-hybridized carbons (Fsp3) is 0.286. The zero-order chi connectivity index (χ0) is 24.3. The molecule has 0 unspecified atom stereocenters. The number of ether oxygens (including phenoxy) is 2. The van der Waals surface area contributed by atoms with E-state index in [1.165, 1.54) is 12.1 Å².